The zero-order valence-corrected chi connectivity index (χ0v) is 21.1. The lowest BCUT2D eigenvalue weighted by Crippen LogP contribution is -2.46. The lowest BCUT2D eigenvalue weighted by atomic mass is 10.1. The Hall–Kier alpha value is -4.56. The first-order valence-corrected chi connectivity index (χ1v) is 12.2. The monoisotopic (exact) mass is 555 g/mol. The number of imidazole rings is 1. The molecule has 5 rings (SSSR count). The maximum atomic E-state index is 13.0. The van der Waals surface area contributed by atoms with E-state index in [1.54, 1.807) is 22.7 Å². The number of alkyl halides is 3. The molecule has 40 heavy (non-hydrogen) atoms. The van der Waals surface area contributed by atoms with Gasteiger partial charge in [0.1, 0.15) is 40.9 Å². The minimum absolute atomic E-state index is 0.174. The third kappa shape index (κ3) is 5.31. The summed E-state index contributed by atoms with van der Waals surface area (Å²) in [6.45, 7) is 2.16. The molecule has 0 spiro atoms. The van der Waals surface area contributed by atoms with Crippen LogP contribution in [-0.2, 0) is 15.7 Å². The zero-order chi connectivity index (χ0) is 28.6. The molecular formula is C26H24F3N7O4. The summed E-state index contributed by atoms with van der Waals surface area (Å²) < 4.78 is 46.6. The van der Waals surface area contributed by atoms with E-state index in [0.717, 1.165) is 18.3 Å². The van der Waals surface area contributed by atoms with Gasteiger partial charge in [0.05, 0.1) is 18.7 Å². The van der Waals surface area contributed by atoms with Crippen molar-refractivity contribution in [1.82, 2.24) is 24.3 Å². The van der Waals surface area contributed by atoms with E-state index < -0.39 is 35.8 Å². The Morgan fingerprint density at radius 3 is 2.62 bits per heavy atom. The van der Waals surface area contributed by atoms with E-state index in [0.29, 0.717) is 29.1 Å². The molecule has 0 radical (unpaired) electrons. The molecule has 14 heteroatoms. The molecule has 4 heterocycles. The number of morpholine rings is 1. The molecule has 3 aromatic heterocycles. The third-order valence-electron chi connectivity index (χ3n) is 6.38. The summed E-state index contributed by atoms with van der Waals surface area (Å²) in [6, 6.07) is 7.81. The van der Waals surface area contributed by atoms with Crippen LogP contribution in [0.25, 0.3) is 16.8 Å². The topological polar surface area (TPSA) is 148 Å². The highest BCUT2D eigenvalue weighted by Crippen LogP contribution is 2.33. The molecule has 208 valence electrons. The number of ether oxygens (including phenoxy) is 1. The maximum Gasteiger partial charge on any atom is 0.416 e. The number of hydrogen-bond donors (Lipinski definition) is 3. The molecule has 2 atom stereocenters. The number of benzene rings is 1. The Balaban J connectivity index is 1.42. The van der Waals surface area contributed by atoms with Crippen LogP contribution < -0.4 is 11.1 Å². The average Bonchev–Trinajstić information content (AvgIpc) is 3.33. The van der Waals surface area contributed by atoms with Crippen molar-refractivity contribution in [2.24, 2.45) is 0 Å². The van der Waals surface area contributed by atoms with Crippen molar-refractivity contribution in [3.8, 4) is 11.3 Å². The molecule has 1 saturated heterocycles. The predicted octanol–water partition coefficient (Wildman–Crippen LogP) is 2.93. The van der Waals surface area contributed by atoms with Gasteiger partial charge in [-0.2, -0.15) is 13.2 Å². The molecule has 0 aliphatic carbocycles. The van der Waals surface area contributed by atoms with Gasteiger partial charge in [-0.25, -0.2) is 15.0 Å². The van der Waals surface area contributed by atoms with E-state index in [1.807, 2.05) is 0 Å². The van der Waals surface area contributed by atoms with Crippen LogP contribution in [0.15, 0.2) is 55.0 Å². The zero-order valence-electron chi connectivity index (χ0n) is 21.1. The first-order valence-electron chi connectivity index (χ1n) is 12.2. The maximum absolute atomic E-state index is 13.0. The highest BCUT2D eigenvalue weighted by atomic mass is 19.4. The molecule has 1 aliphatic rings. The van der Waals surface area contributed by atoms with E-state index in [1.165, 1.54) is 30.2 Å². The van der Waals surface area contributed by atoms with Crippen LogP contribution in [0.1, 0.15) is 34.8 Å². The normalized spacial score (nSPS) is 16.6. The number of anilines is 2. The number of carbonyl (C=O) groups is 2. The lowest BCUT2D eigenvalue weighted by molar-refractivity contribution is -0.147. The summed E-state index contributed by atoms with van der Waals surface area (Å²) in [6.07, 6.45) is -2.18. The molecule has 0 bridgehead atoms. The van der Waals surface area contributed by atoms with Gasteiger partial charge in [-0.05, 0) is 31.2 Å². The van der Waals surface area contributed by atoms with Crippen LogP contribution in [0, 0.1) is 0 Å². The first kappa shape index (κ1) is 27.0. The van der Waals surface area contributed by atoms with Gasteiger partial charge >= 0.3 is 6.18 Å². The van der Waals surface area contributed by atoms with Crippen molar-refractivity contribution in [3.05, 3.63) is 71.9 Å². The number of nitrogen functional groups attached to an aromatic ring is 1. The van der Waals surface area contributed by atoms with Crippen LogP contribution in [0.4, 0.5) is 24.8 Å². The summed E-state index contributed by atoms with van der Waals surface area (Å²) in [5, 5.41) is 12.1. The van der Waals surface area contributed by atoms with Gasteiger partial charge in [0.2, 0.25) is 0 Å². The van der Waals surface area contributed by atoms with Crippen LogP contribution in [0.2, 0.25) is 0 Å². The number of amides is 2. The number of pyridine rings is 1. The number of nitrogens with one attached hydrogen (secondary N) is 1. The van der Waals surface area contributed by atoms with E-state index in [4.69, 9.17) is 15.5 Å². The highest BCUT2D eigenvalue weighted by Gasteiger charge is 2.32. The summed E-state index contributed by atoms with van der Waals surface area (Å²) in [5.74, 6) is -0.623. The van der Waals surface area contributed by atoms with E-state index in [2.05, 4.69) is 15.3 Å². The van der Waals surface area contributed by atoms with Gasteiger partial charge in [0, 0.05) is 36.3 Å². The summed E-state index contributed by atoms with van der Waals surface area (Å²) in [7, 11) is 0. The second-order valence-corrected chi connectivity index (χ2v) is 9.13. The fourth-order valence-corrected chi connectivity index (χ4v) is 4.43. The standard InChI is InChI=1S/C26H24F3N7O4/c1-14(37)25(39)35-10-11-40-18(13-35)23-34-20(21-22(30)32-8-9-36(21)23)15-2-4-16(5-3-15)24(38)33-19-12-17(6-7-31-19)26(27,28)29/h2-9,12,14,18,37H,10-11,13H2,1H3,(H2,30,32)(H,31,33,38)/t14-,18+/m0/s1. The van der Waals surface area contributed by atoms with Gasteiger partial charge in [-0.3, -0.25) is 14.0 Å². The Labute approximate surface area is 225 Å². The van der Waals surface area contributed by atoms with E-state index >= 15 is 0 Å². The molecule has 1 aliphatic heterocycles. The summed E-state index contributed by atoms with van der Waals surface area (Å²) in [4.78, 5) is 39.3. The Morgan fingerprint density at radius 1 is 1.18 bits per heavy atom. The molecule has 2 amide bonds. The number of nitrogens with two attached hydrogens (primary N) is 1. The van der Waals surface area contributed by atoms with Gasteiger partial charge < -0.3 is 25.8 Å². The number of rotatable bonds is 5. The number of hydrogen-bond acceptors (Lipinski definition) is 8. The fourth-order valence-electron chi connectivity index (χ4n) is 4.43. The molecule has 0 unspecified atom stereocenters. The van der Waals surface area contributed by atoms with Crippen LogP contribution >= 0.6 is 0 Å². The molecule has 11 nitrogen and oxygen atoms in total. The van der Waals surface area contributed by atoms with E-state index in [9.17, 15) is 27.9 Å². The summed E-state index contributed by atoms with van der Waals surface area (Å²) >= 11 is 0. The average molecular weight is 556 g/mol. The largest absolute Gasteiger partial charge is 0.416 e. The number of carbonyl (C=O) groups excluding carboxylic acids is 2. The van der Waals surface area contributed by atoms with Crippen molar-refractivity contribution in [3.63, 3.8) is 0 Å². The quantitative estimate of drug-likeness (QED) is 0.341. The second kappa shape index (κ2) is 10.5. The molecule has 1 fully saturated rings. The summed E-state index contributed by atoms with van der Waals surface area (Å²) in [5.41, 5.74) is 6.98. The van der Waals surface area contributed by atoms with Crippen molar-refractivity contribution < 1.29 is 32.6 Å². The second-order valence-electron chi connectivity index (χ2n) is 9.13. The fraction of sp³-hybridized carbons (Fsp3) is 0.269. The van der Waals surface area contributed by atoms with Crippen LogP contribution in [-0.4, -0.2) is 67.0 Å². The highest BCUT2D eigenvalue weighted by molar-refractivity contribution is 6.04. The lowest BCUT2D eigenvalue weighted by Gasteiger charge is -2.33. The Kier molecular flexibility index (Phi) is 7.12. The molecule has 0 saturated carbocycles. The van der Waals surface area contributed by atoms with Crippen molar-refractivity contribution in [2.75, 3.05) is 30.7 Å². The number of nitrogens with zero attached hydrogens (tertiary/aromatic N) is 5. The van der Waals surface area contributed by atoms with E-state index in [-0.39, 0.29) is 30.4 Å². The smallest absolute Gasteiger partial charge is 0.384 e. The van der Waals surface area contributed by atoms with Gasteiger partial charge in [-0.15, -0.1) is 0 Å². The molecule has 4 N–H and O–H groups in total. The molecular weight excluding hydrogens is 531 g/mol. The number of aromatic nitrogens is 4. The number of aliphatic hydroxyl groups is 1. The number of halogens is 3. The van der Waals surface area contributed by atoms with Gasteiger partial charge in [0.15, 0.2) is 0 Å². The third-order valence-corrected chi connectivity index (χ3v) is 6.38. The predicted molar refractivity (Wildman–Crippen MR) is 137 cm³/mol. The Morgan fingerprint density at radius 2 is 1.93 bits per heavy atom. The minimum atomic E-state index is -4.57. The number of aliphatic hydroxyl groups excluding tert-OH is 1. The molecule has 4 aromatic rings. The Bertz CT molecular complexity index is 1570. The first-order chi connectivity index (χ1) is 19.0. The van der Waals surface area contributed by atoms with Crippen molar-refractivity contribution in [2.45, 2.75) is 25.3 Å². The van der Waals surface area contributed by atoms with Crippen LogP contribution in [0.5, 0.6) is 0 Å². The van der Waals surface area contributed by atoms with Crippen LogP contribution in [0.3, 0.4) is 0 Å². The SMILES string of the molecule is C[C@H](O)C(=O)N1CCO[C@@H](c2nc(-c3ccc(C(=O)Nc4cc(C(F)(F)F)ccn4)cc3)c3c(N)nccn23)C1. The number of fused-ring (bicyclic) bond motifs is 1. The van der Waals surface area contributed by atoms with Gasteiger partial charge in [0.25, 0.3) is 11.8 Å². The van der Waals surface area contributed by atoms with Gasteiger partial charge in [-0.1, -0.05) is 12.1 Å². The van der Waals surface area contributed by atoms with Crippen molar-refractivity contribution >= 4 is 29.0 Å². The van der Waals surface area contributed by atoms with Crippen molar-refractivity contribution in [1.29, 1.82) is 0 Å². The minimum Gasteiger partial charge on any atom is -0.384 e. The molecule has 1 aromatic carbocycles.